The first-order chi connectivity index (χ1) is 8.34. The van der Waals surface area contributed by atoms with Crippen molar-refractivity contribution in [3.05, 3.63) is 29.3 Å². The molecule has 0 aliphatic carbocycles. The van der Waals surface area contributed by atoms with Crippen LogP contribution < -0.4 is 5.32 Å². The number of rotatable bonds is 5. The second-order valence-corrected chi connectivity index (χ2v) is 5.96. The Morgan fingerprint density at radius 2 is 1.94 bits per heavy atom. The fourth-order valence-corrected chi connectivity index (χ4v) is 3.04. The molecule has 1 saturated heterocycles. The van der Waals surface area contributed by atoms with Gasteiger partial charge in [-0.1, -0.05) is 11.6 Å². The topological polar surface area (TPSA) is 21.3 Å². The summed E-state index contributed by atoms with van der Waals surface area (Å²) in [7, 11) is 0. The summed E-state index contributed by atoms with van der Waals surface area (Å²) in [6, 6.07) is 7.86. The second kappa shape index (κ2) is 7.14. The summed E-state index contributed by atoms with van der Waals surface area (Å²) in [4.78, 5) is 0. The molecule has 1 aromatic carbocycles. The Balaban J connectivity index is 1.60. The van der Waals surface area contributed by atoms with E-state index in [0.29, 0.717) is 0 Å². The number of thioether (sulfide) groups is 1. The largest absolute Gasteiger partial charge is 0.384 e. The van der Waals surface area contributed by atoms with E-state index < -0.39 is 0 Å². The van der Waals surface area contributed by atoms with Gasteiger partial charge in [0.1, 0.15) is 0 Å². The second-order valence-electron chi connectivity index (χ2n) is 4.12. The van der Waals surface area contributed by atoms with Crippen LogP contribution >= 0.6 is 23.4 Å². The number of halogens is 1. The number of hydrogen-bond donors (Lipinski definition) is 1. The molecule has 2 nitrogen and oxygen atoms in total. The number of ether oxygens (including phenoxy) is 1. The average Bonchev–Trinajstić information content (AvgIpc) is 2.38. The molecule has 2 rings (SSSR count). The van der Waals surface area contributed by atoms with Gasteiger partial charge in [-0.2, -0.15) is 11.8 Å². The molecule has 17 heavy (non-hydrogen) atoms. The van der Waals surface area contributed by atoms with E-state index in [-0.39, 0.29) is 0 Å². The summed E-state index contributed by atoms with van der Waals surface area (Å²) >= 11 is 7.88. The Hall–Kier alpha value is -0.380. The van der Waals surface area contributed by atoms with Crippen molar-refractivity contribution in [3.8, 4) is 0 Å². The van der Waals surface area contributed by atoms with Crippen LogP contribution in [-0.4, -0.2) is 30.8 Å². The van der Waals surface area contributed by atoms with Crippen LogP contribution in [0.3, 0.4) is 0 Å². The first-order valence-corrected chi connectivity index (χ1v) is 7.46. The molecular formula is C13H18ClNOS. The molecule has 94 valence electrons. The van der Waals surface area contributed by atoms with Gasteiger partial charge in [-0.05, 0) is 37.1 Å². The molecule has 1 aromatic rings. The Morgan fingerprint density at radius 3 is 2.65 bits per heavy atom. The zero-order valence-corrected chi connectivity index (χ0v) is 11.4. The minimum Gasteiger partial charge on any atom is -0.384 e. The van der Waals surface area contributed by atoms with Crippen LogP contribution in [0, 0.1) is 0 Å². The Bertz CT molecular complexity index is 325. The summed E-state index contributed by atoms with van der Waals surface area (Å²) in [6.45, 7) is 2.87. The molecule has 1 aliphatic heterocycles. The minimum atomic E-state index is 0.784. The van der Waals surface area contributed by atoms with Crippen molar-refractivity contribution in [2.45, 2.75) is 18.1 Å². The molecular weight excluding hydrogens is 254 g/mol. The lowest BCUT2D eigenvalue weighted by Crippen LogP contribution is -2.19. The highest BCUT2D eigenvalue weighted by Gasteiger charge is 2.13. The van der Waals surface area contributed by atoms with E-state index >= 15 is 0 Å². The highest BCUT2D eigenvalue weighted by molar-refractivity contribution is 7.99. The van der Waals surface area contributed by atoms with Crippen molar-refractivity contribution in [3.63, 3.8) is 0 Å². The molecule has 1 aliphatic rings. The zero-order valence-electron chi connectivity index (χ0n) is 9.82. The third kappa shape index (κ3) is 4.78. The third-order valence-electron chi connectivity index (χ3n) is 2.80. The highest BCUT2D eigenvalue weighted by Crippen LogP contribution is 2.21. The molecule has 1 heterocycles. The van der Waals surface area contributed by atoms with E-state index in [0.717, 1.165) is 41.5 Å². The van der Waals surface area contributed by atoms with Crippen LogP contribution in [0.4, 0.5) is 5.69 Å². The standard InChI is InChI=1S/C13H18ClNOS/c14-11-1-3-12(4-2-11)15-7-10-17-13-5-8-16-9-6-13/h1-4,13,15H,5-10H2. The van der Waals surface area contributed by atoms with Crippen LogP contribution in [0.5, 0.6) is 0 Å². The van der Waals surface area contributed by atoms with Gasteiger partial charge in [-0.25, -0.2) is 0 Å². The lowest BCUT2D eigenvalue weighted by Gasteiger charge is -2.21. The van der Waals surface area contributed by atoms with Gasteiger partial charge in [0.2, 0.25) is 0 Å². The molecule has 1 fully saturated rings. The maximum atomic E-state index is 5.83. The molecule has 0 amide bonds. The van der Waals surface area contributed by atoms with Crippen molar-refractivity contribution in [2.75, 3.05) is 30.8 Å². The van der Waals surface area contributed by atoms with E-state index in [1.807, 2.05) is 24.3 Å². The summed E-state index contributed by atoms with van der Waals surface area (Å²) in [5, 5.41) is 4.97. The Morgan fingerprint density at radius 1 is 1.24 bits per heavy atom. The van der Waals surface area contributed by atoms with Crippen LogP contribution in [0.1, 0.15) is 12.8 Å². The lowest BCUT2D eigenvalue weighted by molar-refractivity contribution is 0.100. The molecule has 0 radical (unpaired) electrons. The number of hydrogen-bond acceptors (Lipinski definition) is 3. The zero-order chi connectivity index (χ0) is 11.9. The SMILES string of the molecule is Clc1ccc(NCCSC2CCOCC2)cc1. The van der Waals surface area contributed by atoms with Crippen molar-refractivity contribution in [2.24, 2.45) is 0 Å². The van der Waals surface area contributed by atoms with E-state index in [1.165, 1.54) is 12.8 Å². The molecule has 1 N–H and O–H groups in total. The van der Waals surface area contributed by atoms with Gasteiger partial charge in [-0.15, -0.1) is 0 Å². The van der Waals surface area contributed by atoms with Crippen LogP contribution in [0.25, 0.3) is 0 Å². The van der Waals surface area contributed by atoms with Crippen molar-refractivity contribution < 1.29 is 4.74 Å². The number of nitrogens with one attached hydrogen (secondary N) is 1. The van der Waals surface area contributed by atoms with Crippen molar-refractivity contribution in [1.82, 2.24) is 0 Å². The number of anilines is 1. The fraction of sp³-hybridized carbons (Fsp3) is 0.538. The van der Waals surface area contributed by atoms with E-state index in [2.05, 4.69) is 17.1 Å². The van der Waals surface area contributed by atoms with Crippen molar-refractivity contribution >= 4 is 29.1 Å². The fourth-order valence-electron chi connectivity index (χ4n) is 1.83. The predicted octanol–water partition coefficient (Wildman–Crippen LogP) is 3.66. The van der Waals surface area contributed by atoms with Gasteiger partial charge >= 0.3 is 0 Å². The normalized spacial score (nSPS) is 17.0. The molecule has 0 saturated carbocycles. The Kier molecular flexibility index (Phi) is 5.49. The van der Waals surface area contributed by atoms with Crippen molar-refractivity contribution in [1.29, 1.82) is 0 Å². The monoisotopic (exact) mass is 271 g/mol. The lowest BCUT2D eigenvalue weighted by atomic mass is 10.2. The van der Waals surface area contributed by atoms with Gasteiger partial charge in [0.15, 0.2) is 0 Å². The summed E-state index contributed by atoms with van der Waals surface area (Å²) < 4.78 is 5.35. The molecule has 0 atom stereocenters. The first kappa shape index (κ1) is 13.1. The predicted molar refractivity (Wildman–Crippen MR) is 76.2 cm³/mol. The molecule has 0 spiro atoms. The van der Waals surface area contributed by atoms with Crippen LogP contribution in [-0.2, 0) is 4.74 Å². The van der Waals surface area contributed by atoms with E-state index in [9.17, 15) is 0 Å². The quantitative estimate of drug-likeness (QED) is 0.826. The van der Waals surface area contributed by atoms with Crippen LogP contribution in [0.15, 0.2) is 24.3 Å². The third-order valence-corrected chi connectivity index (χ3v) is 4.43. The maximum absolute atomic E-state index is 5.83. The average molecular weight is 272 g/mol. The summed E-state index contributed by atoms with van der Waals surface area (Å²) in [5.41, 5.74) is 1.14. The molecule has 4 heteroatoms. The number of benzene rings is 1. The smallest absolute Gasteiger partial charge is 0.0476 e. The first-order valence-electron chi connectivity index (χ1n) is 6.03. The van der Waals surface area contributed by atoms with Gasteiger partial charge in [0.25, 0.3) is 0 Å². The minimum absolute atomic E-state index is 0.784. The Labute approximate surface area is 112 Å². The van der Waals surface area contributed by atoms with Gasteiger partial charge in [0.05, 0.1) is 0 Å². The molecule has 0 unspecified atom stereocenters. The van der Waals surface area contributed by atoms with Gasteiger partial charge in [-0.3, -0.25) is 0 Å². The van der Waals surface area contributed by atoms with Gasteiger partial charge < -0.3 is 10.1 Å². The summed E-state index contributed by atoms with van der Waals surface area (Å²) in [5.74, 6) is 1.15. The highest BCUT2D eigenvalue weighted by atomic mass is 35.5. The molecule has 0 bridgehead atoms. The van der Waals surface area contributed by atoms with E-state index in [4.69, 9.17) is 16.3 Å². The maximum Gasteiger partial charge on any atom is 0.0476 e. The van der Waals surface area contributed by atoms with Crippen LogP contribution in [0.2, 0.25) is 5.02 Å². The summed E-state index contributed by atoms with van der Waals surface area (Å²) in [6.07, 6.45) is 2.40. The van der Waals surface area contributed by atoms with Gasteiger partial charge in [0, 0.05) is 41.5 Å². The van der Waals surface area contributed by atoms with E-state index in [1.54, 1.807) is 0 Å². The molecule has 0 aromatic heterocycles.